The Labute approximate surface area is 123 Å². The van der Waals surface area contributed by atoms with E-state index in [0.29, 0.717) is 0 Å². The molecule has 100 valence electrons. The van der Waals surface area contributed by atoms with Crippen molar-refractivity contribution >= 4 is 27.5 Å². The first-order valence-corrected chi connectivity index (χ1v) is 7.73. The molecule has 0 amide bonds. The standard InChI is InChI=1S/C14H20BrClN2/c1-2-18(11-4-5-11)8-7-14(17)12-6-3-10(15)9-13(12)16/h3,6,9,11,14H,2,4-5,7-8,17H2,1H3. The molecule has 2 nitrogen and oxygen atoms in total. The van der Waals surface area contributed by atoms with E-state index in [0.717, 1.165) is 40.6 Å². The molecule has 1 aliphatic carbocycles. The summed E-state index contributed by atoms with van der Waals surface area (Å²) in [5.74, 6) is 0. The van der Waals surface area contributed by atoms with Gasteiger partial charge in [-0.25, -0.2) is 0 Å². The van der Waals surface area contributed by atoms with Crippen molar-refractivity contribution in [3.63, 3.8) is 0 Å². The second-order valence-corrected chi connectivity index (χ2v) is 6.24. The lowest BCUT2D eigenvalue weighted by atomic mass is 10.0. The van der Waals surface area contributed by atoms with Crippen LogP contribution in [-0.2, 0) is 0 Å². The maximum absolute atomic E-state index is 6.24. The number of nitrogens with two attached hydrogens (primary N) is 1. The third kappa shape index (κ3) is 3.70. The van der Waals surface area contributed by atoms with Gasteiger partial charge in [-0.1, -0.05) is 40.5 Å². The molecule has 4 heteroatoms. The van der Waals surface area contributed by atoms with Gasteiger partial charge in [0.2, 0.25) is 0 Å². The molecule has 1 aliphatic rings. The van der Waals surface area contributed by atoms with E-state index in [9.17, 15) is 0 Å². The van der Waals surface area contributed by atoms with Crippen LogP contribution in [0.25, 0.3) is 0 Å². The van der Waals surface area contributed by atoms with Crippen molar-refractivity contribution < 1.29 is 0 Å². The fourth-order valence-corrected chi connectivity index (χ4v) is 3.11. The topological polar surface area (TPSA) is 29.3 Å². The lowest BCUT2D eigenvalue weighted by molar-refractivity contribution is 0.266. The predicted molar refractivity (Wildman–Crippen MR) is 81.0 cm³/mol. The summed E-state index contributed by atoms with van der Waals surface area (Å²) < 4.78 is 0.997. The van der Waals surface area contributed by atoms with Gasteiger partial charge in [0.25, 0.3) is 0 Å². The van der Waals surface area contributed by atoms with E-state index in [1.54, 1.807) is 0 Å². The molecule has 0 heterocycles. The first kappa shape index (κ1) is 14.3. The maximum atomic E-state index is 6.24. The zero-order chi connectivity index (χ0) is 13.1. The number of nitrogens with zero attached hydrogens (tertiary/aromatic N) is 1. The summed E-state index contributed by atoms with van der Waals surface area (Å²) in [7, 11) is 0. The summed E-state index contributed by atoms with van der Waals surface area (Å²) in [6.07, 6.45) is 3.66. The monoisotopic (exact) mass is 330 g/mol. The van der Waals surface area contributed by atoms with Gasteiger partial charge in [-0.15, -0.1) is 0 Å². The van der Waals surface area contributed by atoms with Crippen LogP contribution in [0.1, 0.15) is 37.8 Å². The van der Waals surface area contributed by atoms with Crippen LogP contribution < -0.4 is 5.73 Å². The van der Waals surface area contributed by atoms with Crippen LogP contribution >= 0.6 is 27.5 Å². The minimum absolute atomic E-state index is 0.0263. The van der Waals surface area contributed by atoms with Crippen LogP contribution in [0, 0.1) is 0 Å². The van der Waals surface area contributed by atoms with E-state index in [1.807, 2.05) is 18.2 Å². The second kappa shape index (κ2) is 6.38. The zero-order valence-electron chi connectivity index (χ0n) is 10.7. The molecular weight excluding hydrogens is 312 g/mol. The first-order valence-electron chi connectivity index (χ1n) is 6.56. The Balaban J connectivity index is 1.92. The van der Waals surface area contributed by atoms with Crippen molar-refractivity contribution in [3.05, 3.63) is 33.3 Å². The Morgan fingerprint density at radius 2 is 2.22 bits per heavy atom. The van der Waals surface area contributed by atoms with Gasteiger partial charge in [0, 0.05) is 28.1 Å². The minimum Gasteiger partial charge on any atom is -0.324 e. The molecular formula is C14H20BrClN2. The highest BCUT2D eigenvalue weighted by atomic mass is 79.9. The molecule has 0 aliphatic heterocycles. The summed E-state index contributed by atoms with van der Waals surface area (Å²) in [5.41, 5.74) is 7.29. The minimum atomic E-state index is 0.0263. The van der Waals surface area contributed by atoms with Crippen molar-refractivity contribution in [3.8, 4) is 0 Å². The van der Waals surface area contributed by atoms with Crippen molar-refractivity contribution in [1.82, 2.24) is 4.90 Å². The molecule has 0 saturated heterocycles. The number of benzene rings is 1. The summed E-state index contributed by atoms with van der Waals surface area (Å²) >= 11 is 9.64. The highest BCUT2D eigenvalue weighted by molar-refractivity contribution is 9.10. The molecule has 0 radical (unpaired) electrons. The van der Waals surface area contributed by atoms with Crippen LogP contribution in [0.5, 0.6) is 0 Å². The highest BCUT2D eigenvalue weighted by Gasteiger charge is 2.27. The second-order valence-electron chi connectivity index (χ2n) is 4.92. The van der Waals surface area contributed by atoms with Crippen molar-refractivity contribution in [1.29, 1.82) is 0 Å². The number of hydrogen-bond donors (Lipinski definition) is 1. The van der Waals surface area contributed by atoms with E-state index in [-0.39, 0.29) is 6.04 Å². The number of halogens is 2. The van der Waals surface area contributed by atoms with Crippen molar-refractivity contribution in [2.45, 2.75) is 38.3 Å². The molecule has 2 N–H and O–H groups in total. The maximum Gasteiger partial charge on any atom is 0.0464 e. The van der Waals surface area contributed by atoms with Gasteiger partial charge in [0.05, 0.1) is 0 Å². The van der Waals surface area contributed by atoms with Crippen molar-refractivity contribution in [2.24, 2.45) is 5.73 Å². The molecule has 1 unspecified atom stereocenters. The normalized spacial score (nSPS) is 17.2. The Bertz CT molecular complexity index is 407. The Morgan fingerprint density at radius 3 is 2.78 bits per heavy atom. The van der Waals surface area contributed by atoms with Crippen molar-refractivity contribution in [2.75, 3.05) is 13.1 Å². The Hall–Kier alpha value is -0.0900. The summed E-state index contributed by atoms with van der Waals surface area (Å²) in [4.78, 5) is 2.52. The third-order valence-corrected chi connectivity index (χ3v) is 4.38. The van der Waals surface area contributed by atoms with E-state index >= 15 is 0 Å². The van der Waals surface area contributed by atoms with E-state index in [2.05, 4.69) is 27.8 Å². The quantitative estimate of drug-likeness (QED) is 0.854. The molecule has 1 saturated carbocycles. The fraction of sp³-hybridized carbons (Fsp3) is 0.571. The molecule has 0 spiro atoms. The van der Waals surface area contributed by atoms with Gasteiger partial charge < -0.3 is 10.6 Å². The number of rotatable bonds is 6. The van der Waals surface area contributed by atoms with E-state index in [4.69, 9.17) is 17.3 Å². The summed E-state index contributed by atoms with van der Waals surface area (Å²) in [6, 6.07) is 6.76. The molecule has 1 atom stereocenters. The highest BCUT2D eigenvalue weighted by Crippen LogP contribution is 2.29. The Kier molecular flexibility index (Phi) is 5.07. The van der Waals surface area contributed by atoms with Gasteiger partial charge in [0.15, 0.2) is 0 Å². The van der Waals surface area contributed by atoms with Crippen LogP contribution in [-0.4, -0.2) is 24.0 Å². The molecule has 18 heavy (non-hydrogen) atoms. The van der Waals surface area contributed by atoms with Gasteiger partial charge in [-0.3, -0.25) is 0 Å². The first-order chi connectivity index (χ1) is 8.61. The molecule has 1 aromatic rings. The van der Waals surface area contributed by atoms with Gasteiger partial charge in [-0.2, -0.15) is 0 Å². The van der Waals surface area contributed by atoms with Gasteiger partial charge in [-0.05, 0) is 43.5 Å². The molecule has 1 fully saturated rings. The van der Waals surface area contributed by atoms with E-state index < -0.39 is 0 Å². The molecule has 1 aromatic carbocycles. The average molecular weight is 332 g/mol. The molecule has 0 aromatic heterocycles. The molecule has 0 bridgehead atoms. The van der Waals surface area contributed by atoms with Crippen LogP contribution in [0.2, 0.25) is 5.02 Å². The van der Waals surface area contributed by atoms with Crippen LogP contribution in [0.15, 0.2) is 22.7 Å². The Morgan fingerprint density at radius 1 is 1.50 bits per heavy atom. The zero-order valence-corrected chi connectivity index (χ0v) is 13.0. The summed E-state index contributed by atoms with van der Waals surface area (Å²) in [5, 5.41) is 0.756. The summed E-state index contributed by atoms with van der Waals surface area (Å²) in [6.45, 7) is 4.40. The molecule has 2 rings (SSSR count). The van der Waals surface area contributed by atoms with Gasteiger partial charge >= 0.3 is 0 Å². The average Bonchev–Trinajstić information content (AvgIpc) is 3.14. The third-order valence-electron chi connectivity index (χ3n) is 3.56. The van der Waals surface area contributed by atoms with Gasteiger partial charge in [0.1, 0.15) is 0 Å². The SMILES string of the molecule is CCN(CCC(N)c1ccc(Br)cc1Cl)C1CC1. The number of hydrogen-bond acceptors (Lipinski definition) is 2. The predicted octanol–water partition coefficient (Wildman–Crippen LogP) is 3.98. The van der Waals surface area contributed by atoms with Crippen LogP contribution in [0.4, 0.5) is 0 Å². The fourth-order valence-electron chi connectivity index (χ4n) is 2.30. The smallest absolute Gasteiger partial charge is 0.0464 e. The largest absolute Gasteiger partial charge is 0.324 e. The lowest BCUT2D eigenvalue weighted by Gasteiger charge is -2.22. The lowest BCUT2D eigenvalue weighted by Crippen LogP contribution is -2.29. The van der Waals surface area contributed by atoms with Crippen LogP contribution in [0.3, 0.4) is 0 Å². The van der Waals surface area contributed by atoms with E-state index in [1.165, 1.54) is 12.8 Å².